The smallest absolute Gasteiger partial charge is 0.215 e. The summed E-state index contributed by atoms with van der Waals surface area (Å²) in [5.41, 5.74) is 2.30. The van der Waals surface area contributed by atoms with E-state index >= 15 is 0 Å². The molecule has 110 valence electrons. The van der Waals surface area contributed by atoms with Gasteiger partial charge in [0.1, 0.15) is 22.8 Å². The quantitative estimate of drug-likeness (QED) is 0.693. The van der Waals surface area contributed by atoms with Crippen molar-refractivity contribution in [2.75, 3.05) is 7.11 Å². The van der Waals surface area contributed by atoms with Crippen molar-refractivity contribution in [2.24, 2.45) is 0 Å². The molecule has 0 amide bonds. The van der Waals surface area contributed by atoms with Crippen LogP contribution in [0.25, 0.3) is 11.2 Å². The Hall–Kier alpha value is -2.08. The summed E-state index contributed by atoms with van der Waals surface area (Å²) < 4.78 is 12.2. The average Bonchev–Trinajstić information content (AvgIpc) is 3.03. The predicted octanol–water partition coefficient (Wildman–Crippen LogP) is 3.08. The molecule has 6 nitrogen and oxygen atoms in total. The maximum Gasteiger partial charge on any atom is 0.215 e. The minimum absolute atomic E-state index is 0.238. The largest absolute Gasteiger partial charge is 0.481 e. The molecular weight excluding hydrogens is 292 g/mol. The van der Waals surface area contributed by atoms with Crippen LogP contribution in [-0.4, -0.2) is 26.8 Å². The van der Waals surface area contributed by atoms with Crippen molar-refractivity contribution in [3.63, 3.8) is 0 Å². The first-order valence-corrected chi connectivity index (χ1v) is 6.99. The summed E-state index contributed by atoms with van der Waals surface area (Å²) in [5.74, 6) is 2.04. The fourth-order valence-electron chi connectivity index (χ4n) is 2.23. The Bertz CT molecular complexity index is 778. The number of halogens is 1. The minimum atomic E-state index is -0.238. The third-order valence-corrected chi connectivity index (χ3v) is 3.35. The van der Waals surface area contributed by atoms with E-state index in [1.807, 2.05) is 30.5 Å². The van der Waals surface area contributed by atoms with Crippen LogP contribution in [-0.2, 0) is 6.54 Å². The van der Waals surface area contributed by atoms with Crippen LogP contribution in [0.5, 0.6) is 5.88 Å². The summed E-state index contributed by atoms with van der Waals surface area (Å²) >= 11 is 6.24. The van der Waals surface area contributed by atoms with Crippen LogP contribution in [0.2, 0.25) is 0 Å². The zero-order chi connectivity index (χ0) is 15.0. The number of pyridine rings is 1. The van der Waals surface area contributed by atoms with E-state index in [9.17, 15) is 0 Å². The van der Waals surface area contributed by atoms with E-state index in [4.69, 9.17) is 20.9 Å². The predicted molar refractivity (Wildman–Crippen MR) is 78.7 cm³/mol. The Morgan fingerprint density at radius 1 is 1.38 bits per heavy atom. The number of aryl methyl sites for hydroxylation is 1. The zero-order valence-corrected chi connectivity index (χ0v) is 12.8. The molecule has 3 aromatic rings. The molecule has 3 heterocycles. The summed E-state index contributed by atoms with van der Waals surface area (Å²) in [5, 5.41) is 3.78. The molecule has 0 radical (unpaired) electrons. The van der Waals surface area contributed by atoms with Gasteiger partial charge in [0.15, 0.2) is 5.65 Å². The number of hydrogen-bond donors (Lipinski definition) is 0. The Kier molecular flexibility index (Phi) is 3.55. The summed E-state index contributed by atoms with van der Waals surface area (Å²) in [7, 11) is 1.58. The number of ether oxygens (including phenoxy) is 1. The van der Waals surface area contributed by atoms with Crippen LogP contribution < -0.4 is 4.74 Å². The van der Waals surface area contributed by atoms with Gasteiger partial charge in [0.05, 0.1) is 19.0 Å². The average molecular weight is 307 g/mol. The highest BCUT2D eigenvalue weighted by Crippen LogP contribution is 2.26. The first kappa shape index (κ1) is 13.9. The molecule has 7 heteroatoms. The van der Waals surface area contributed by atoms with Crippen LogP contribution in [0.3, 0.4) is 0 Å². The Morgan fingerprint density at radius 2 is 2.19 bits per heavy atom. The van der Waals surface area contributed by atoms with Crippen molar-refractivity contribution in [2.45, 2.75) is 25.8 Å². The Labute approximate surface area is 126 Å². The lowest BCUT2D eigenvalue weighted by molar-refractivity contribution is 0.388. The molecule has 1 atom stereocenters. The van der Waals surface area contributed by atoms with Crippen molar-refractivity contribution in [1.29, 1.82) is 0 Å². The summed E-state index contributed by atoms with van der Waals surface area (Å²) in [6, 6.07) is 5.53. The van der Waals surface area contributed by atoms with Crippen molar-refractivity contribution >= 4 is 22.8 Å². The molecule has 0 aliphatic rings. The van der Waals surface area contributed by atoms with Crippen molar-refractivity contribution in [3.05, 3.63) is 35.5 Å². The highest BCUT2D eigenvalue weighted by atomic mass is 35.5. The van der Waals surface area contributed by atoms with Crippen LogP contribution >= 0.6 is 11.6 Å². The number of methoxy groups -OCH3 is 1. The molecule has 1 unspecified atom stereocenters. The number of fused-ring (bicyclic) bond motifs is 1. The highest BCUT2D eigenvalue weighted by molar-refractivity contribution is 6.20. The fourth-order valence-corrected chi connectivity index (χ4v) is 2.40. The molecule has 0 aliphatic carbocycles. The van der Waals surface area contributed by atoms with Crippen molar-refractivity contribution in [1.82, 2.24) is 19.7 Å². The lowest BCUT2D eigenvalue weighted by Gasteiger charge is -2.08. The molecular formula is C14H15ClN4O2. The number of imidazole rings is 1. The first-order chi connectivity index (χ1) is 10.1. The molecule has 0 saturated heterocycles. The van der Waals surface area contributed by atoms with E-state index in [1.165, 1.54) is 0 Å². The standard InChI is InChI=1S/C14H15ClN4O2/c1-8-6-10(18-21-8)7-19-13(9(2)15)16-11-4-5-12(20-3)17-14(11)19/h4-6,9H,7H2,1-3H3. The van der Waals surface area contributed by atoms with Gasteiger partial charge in [0, 0.05) is 12.1 Å². The summed E-state index contributed by atoms with van der Waals surface area (Å²) in [6.45, 7) is 4.24. The van der Waals surface area contributed by atoms with Gasteiger partial charge in [-0.15, -0.1) is 11.6 Å². The molecule has 0 fully saturated rings. The van der Waals surface area contributed by atoms with E-state index in [0.717, 1.165) is 28.4 Å². The monoisotopic (exact) mass is 306 g/mol. The van der Waals surface area contributed by atoms with Gasteiger partial charge in [0.2, 0.25) is 5.88 Å². The molecule has 3 aromatic heterocycles. The maximum absolute atomic E-state index is 6.24. The van der Waals surface area contributed by atoms with Gasteiger partial charge < -0.3 is 13.8 Å². The van der Waals surface area contributed by atoms with Crippen molar-refractivity contribution < 1.29 is 9.26 Å². The molecule has 0 N–H and O–H groups in total. The van der Waals surface area contributed by atoms with Crippen LogP contribution in [0.1, 0.15) is 29.6 Å². The van der Waals surface area contributed by atoms with Gasteiger partial charge >= 0.3 is 0 Å². The second kappa shape index (κ2) is 5.37. The summed E-state index contributed by atoms with van der Waals surface area (Å²) in [4.78, 5) is 9.01. The van der Waals surface area contributed by atoms with Crippen LogP contribution in [0.4, 0.5) is 0 Å². The summed E-state index contributed by atoms with van der Waals surface area (Å²) in [6.07, 6.45) is 0. The number of aromatic nitrogens is 4. The zero-order valence-electron chi connectivity index (χ0n) is 12.0. The number of alkyl halides is 1. The minimum Gasteiger partial charge on any atom is -0.481 e. The van der Waals surface area contributed by atoms with E-state index in [-0.39, 0.29) is 5.38 Å². The number of nitrogens with zero attached hydrogens (tertiary/aromatic N) is 4. The highest BCUT2D eigenvalue weighted by Gasteiger charge is 2.18. The first-order valence-electron chi connectivity index (χ1n) is 6.56. The van der Waals surface area contributed by atoms with Gasteiger partial charge in [-0.25, -0.2) is 4.98 Å². The van der Waals surface area contributed by atoms with E-state index in [0.29, 0.717) is 12.4 Å². The third kappa shape index (κ3) is 2.58. The molecule has 21 heavy (non-hydrogen) atoms. The lowest BCUT2D eigenvalue weighted by atomic mass is 10.3. The Morgan fingerprint density at radius 3 is 2.81 bits per heavy atom. The molecule has 0 spiro atoms. The maximum atomic E-state index is 6.24. The molecule has 0 saturated carbocycles. The third-order valence-electron chi connectivity index (χ3n) is 3.16. The lowest BCUT2D eigenvalue weighted by Crippen LogP contribution is -2.07. The topological polar surface area (TPSA) is 66.0 Å². The molecule has 0 bridgehead atoms. The SMILES string of the molecule is COc1ccc2nc(C(C)Cl)n(Cc3cc(C)on3)c2n1. The van der Waals surface area contributed by atoms with Gasteiger partial charge in [-0.05, 0) is 19.9 Å². The molecule has 0 aliphatic heterocycles. The molecule has 0 aromatic carbocycles. The second-order valence-corrected chi connectivity index (χ2v) is 5.45. The van der Waals surface area contributed by atoms with E-state index in [1.54, 1.807) is 13.2 Å². The van der Waals surface area contributed by atoms with E-state index < -0.39 is 0 Å². The van der Waals surface area contributed by atoms with Gasteiger partial charge in [0.25, 0.3) is 0 Å². The normalized spacial score (nSPS) is 12.8. The van der Waals surface area contributed by atoms with Gasteiger partial charge in [-0.3, -0.25) is 0 Å². The second-order valence-electron chi connectivity index (χ2n) is 4.80. The van der Waals surface area contributed by atoms with Gasteiger partial charge in [-0.2, -0.15) is 4.98 Å². The number of rotatable bonds is 4. The van der Waals surface area contributed by atoms with Crippen molar-refractivity contribution in [3.8, 4) is 5.88 Å². The van der Waals surface area contributed by atoms with E-state index in [2.05, 4.69) is 15.1 Å². The van der Waals surface area contributed by atoms with Gasteiger partial charge in [-0.1, -0.05) is 5.16 Å². The number of hydrogen-bond acceptors (Lipinski definition) is 5. The fraction of sp³-hybridized carbons (Fsp3) is 0.357. The molecule has 3 rings (SSSR count). The van der Waals surface area contributed by atoms with Crippen LogP contribution in [0, 0.1) is 6.92 Å². The van der Waals surface area contributed by atoms with Crippen LogP contribution in [0.15, 0.2) is 22.7 Å². The Balaban J connectivity index is 2.14.